The van der Waals surface area contributed by atoms with Crippen LogP contribution in [0.15, 0.2) is 22.7 Å². The average molecular weight is 254 g/mol. The van der Waals surface area contributed by atoms with Crippen LogP contribution in [0.25, 0.3) is 11.3 Å². The largest absolute Gasteiger partial charge is 0.454 e. The van der Waals surface area contributed by atoms with Crippen LogP contribution in [0.4, 0.5) is 14.7 Å². The van der Waals surface area contributed by atoms with E-state index < -0.39 is 6.43 Å². The molecule has 1 aromatic heterocycles. The lowest BCUT2D eigenvalue weighted by molar-refractivity contribution is 0.151. The van der Waals surface area contributed by atoms with Gasteiger partial charge in [-0.25, -0.2) is 8.78 Å². The predicted molar refractivity (Wildman–Crippen MR) is 57.4 cm³/mol. The van der Waals surface area contributed by atoms with Crippen LogP contribution in [0, 0.1) is 0 Å². The summed E-state index contributed by atoms with van der Waals surface area (Å²) in [6, 6.07) is 4.07. The first-order valence-corrected chi connectivity index (χ1v) is 5.09. The zero-order valence-electron chi connectivity index (χ0n) is 9.02. The number of nitrogens with two attached hydrogens (primary N) is 1. The number of ether oxygens (including phenoxy) is 2. The Bertz CT molecular complexity index is 598. The second-order valence-corrected chi connectivity index (χ2v) is 3.71. The minimum absolute atomic E-state index is 0.0163. The highest BCUT2D eigenvalue weighted by atomic mass is 19.3. The first-order valence-electron chi connectivity index (χ1n) is 5.09. The van der Waals surface area contributed by atoms with Crippen LogP contribution in [0.2, 0.25) is 0 Å². The van der Waals surface area contributed by atoms with Gasteiger partial charge >= 0.3 is 0 Å². The predicted octanol–water partition coefficient (Wildman–Crippen LogP) is 2.59. The monoisotopic (exact) mass is 254 g/mol. The Labute approximate surface area is 100 Å². The highest BCUT2D eigenvalue weighted by molar-refractivity contribution is 5.70. The first kappa shape index (κ1) is 10.8. The van der Waals surface area contributed by atoms with Gasteiger partial charge in [0.1, 0.15) is 5.69 Å². The van der Waals surface area contributed by atoms with Crippen molar-refractivity contribution in [2.75, 3.05) is 12.5 Å². The molecule has 2 aromatic rings. The summed E-state index contributed by atoms with van der Waals surface area (Å²) in [4.78, 5) is 0. The maximum absolute atomic E-state index is 13.0. The minimum atomic E-state index is -2.66. The van der Waals surface area contributed by atoms with Crippen molar-refractivity contribution in [3.63, 3.8) is 0 Å². The minimum Gasteiger partial charge on any atom is -0.454 e. The summed E-state index contributed by atoms with van der Waals surface area (Å²) in [7, 11) is 0. The number of halogens is 2. The number of nitrogens with zero attached hydrogens (tertiary/aromatic N) is 1. The highest BCUT2D eigenvalue weighted by Gasteiger charge is 2.23. The van der Waals surface area contributed by atoms with E-state index in [0.717, 1.165) is 0 Å². The van der Waals surface area contributed by atoms with Gasteiger partial charge in [0.05, 0.1) is 0 Å². The van der Waals surface area contributed by atoms with Crippen molar-refractivity contribution in [2.45, 2.75) is 6.43 Å². The van der Waals surface area contributed by atoms with E-state index in [9.17, 15) is 8.78 Å². The number of hydrogen-bond acceptors (Lipinski definition) is 5. The molecule has 3 rings (SSSR count). The van der Waals surface area contributed by atoms with E-state index in [0.29, 0.717) is 11.5 Å². The molecule has 0 saturated carbocycles. The van der Waals surface area contributed by atoms with E-state index in [2.05, 4.69) is 9.68 Å². The van der Waals surface area contributed by atoms with Crippen molar-refractivity contribution in [1.29, 1.82) is 0 Å². The number of anilines is 1. The molecule has 94 valence electrons. The van der Waals surface area contributed by atoms with Crippen LogP contribution >= 0.6 is 0 Å². The smallest absolute Gasteiger partial charge is 0.264 e. The molecule has 2 heterocycles. The van der Waals surface area contributed by atoms with Gasteiger partial charge in [-0.05, 0) is 12.1 Å². The fourth-order valence-corrected chi connectivity index (χ4v) is 1.78. The van der Waals surface area contributed by atoms with Crippen LogP contribution < -0.4 is 15.2 Å². The molecule has 7 heteroatoms. The summed E-state index contributed by atoms with van der Waals surface area (Å²) in [5.74, 6) is 0.754. The Morgan fingerprint density at radius 1 is 1.17 bits per heavy atom. The molecule has 0 aliphatic carbocycles. The lowest BCUT2D eigenvalue weighted by Crippen LogP contribution is -1.92. The molecule has 0 atom stereocenters. The molecule has 0 saturated heterocycles. The maximum atomic E-state index is 13.0. The zero-order valence-corrected chi connectivity index (χ0v) is 9.02. The SMILES string of the molecule is Nc1cc(-c2cc3c(cc2C(F)F)OCO3)no1. The molecule has 0 spiro atoms. The van der Waals surface area contributed by atoms with Crippen LogP contribution in [0.1, 0.15) is 12.0 Å². The molecular weight excluding hydrogens is 246 g/mol. The Balaban J connectivity index is 2.17. The summed E-state index contributed by atoms with van der Waals surface area (Å²) in [6.07, 6.45) is -2.66. The van der Waals surface area contributed by atoms with Gasteiger partial charge in [0.25, 0.3) is 6.43 Å². The molecule has 18 heavy (non-hydrogen) atoms. The van der Waals surface area contributed by atoms with Crippen molar-refractivity contribution in [1.82, 2.24) is 5.16 Å². The second kappa shape index (κ2) is 3.86. The average Bonchev–Trinajstić information content (AvgIpc) is 2.94. The molecule has 0 fully saturated rings. The molecular formula is C11H8F2N2O3. The van der Waals surface area contributed by atoms with Crippen LogP contribution in [-0.4, -0.2) is 11.9 Å². The molecule has 5 nitrogen and oxygen atoms in total. The third-order valence-corrected chi connectivity index (χ3v) is 2.58. The Kier molecular flexibility index (Phi) is 2.32. The topological polar surface area (TPSA) is 70.5 Å². The zero-order chi connectivity index (χ0) is 12.7. The summed E-state index contributed by atoms with van der Waals surface area (Å²) in [5, 5.41) is 3.62. The number of aromatic nitrogens is 1. The van der Waals surface area contributed by atoms with Crippen LogP contribution in [-0.2, 0) is 0 Å². The first-order chi connectivity index (χ1) is 8.65. The van der Waals surface area contributed by atoms with Crippen molar-refractivity contribution in [3.05, 3.63) is 23.8 Å². The van der Waals surface area contributed by atoms with E-state index in [1.807, 2.05) is 0 Å². The fourth-order valence-electron chi connectivity index (χ4n) is 1.78. The lowest BCUT2D eigenvalue weighted by atomic mass is 10.0. The number of hydrogen-bond donors (Lipinski definition) is 1. The van der Waals surface area contributed by atoms with Crippen LogP contribution in [0.5, 0.6) is 11.5 Å². The van der Waals surface area contributed by atoms with E-state index in [1.165, 1.54) is 18.2 Å². The standard InChI is InChI=1S/C11H8F2N2O3/c12-11(13)6-2-9-8(16-4-17-9)1-5(6)7-3-10(14)18-15-7/h1-3,11H,4,14H2. The Hall–Kier alpha value is -2.31. The van der Waals surface area contributed by atoms with E-state index in [-0.39, 0.29) is 29.5 Å². The van der Waals surface area contributed by atoms with Gasteiger partial charge in [-0.1, -0.05) is 5.16 Å². The molecule has 2 N–H and O–H groups in total. The maximum Gasteiger partial charge on any atom is 0.264 e. The van der Waals surface area contributed by atoms with E-state index >= 15 is 0 Å². The summed E-state index contributed by atoms with van der Waals surface area (Å²) >= 11 is 0. The number of nitrogen functional groups attached to an aromatic ring is 1. The molecule has 1 aromatic carbocycles. The van der Waals surface area contributed by atoms with Gasteiger partial charge in [-0.15, -0.1) is 0 Å². The van der Waals surface area contributed by atoms with E-state index in [1.54, 1.807) is 0 Å². The fraction of sp³-hybridized carbons (Fsp3) is 0.182. The quantitative estimate of drug-likeness (QED) is 0.891. The lowest BCUT2D eigenvalue weighted by Gasteiger charge is -2.07. The van der Waals surface area contributed by atoms with Gasteiger partial charge < -0.3 is 19.7 Å². The third-order valence-electron chi connectivity index (χ3n) is 2.58. The Morgan fingerprint density at radius 3 is 2.50 bits per heavy atom. The number of alkyl halides is 2. The number of rotatable bonds is 2. The van der Waals surface area contributed by atoms with Gasteiger partial charge in [0.15, 0.2) is 11.5 Å². The summed E-state index contributed by atoms with van der Waals surface area (Å²) in [6.45, 7) is 0.0163. The van der Waals surface area contributed by atoms with Gasteiger partial charge in [0, 0.05) is 17.2 Å². The molecule has 0 unspecified atom stereocenters. The van der Waals surface area contributed by atoms with Gasteiger partial charge in [-0.2, -0.15) is 0 Å². The molecule has 0 bridgehead atoms. The number of benzene rings is 1. The van der Waals surface area contributed by atoms with Crippen molar-refractivity contribution in [2.24, 2.45) is 0 Å². The molecule has 0 amide bonds. The summed E-state index contributed by atoms with van der Waals surface area (Å²) in [5.41, 5.74) is 5.64. The van der Waals surface area contributed by atoms with Gasteiger partial charge in [0.2, 0.25) is 12.7 Å². The van der Waals surface area contributed by atoms with Crippen molar-refractivity contribution >= 4 is 5.88 Å². The summed E-state index contributed by atoms with van der Waals surface area (Å²) < 4.78 is 40.9. The highest BCUT2D eigenvalue weighted by Crippen LogP contribution is 2.41. The molecule has 1 aliphatic rings. The third kappa shape index (κ3) is 1.64. The molecule has 1 aliphatic heterocycles. The van der Waals surface area contributed by atoms with Crippen molar-refractivity contribution < 1.29 is 22.8 Å². The second-order valence-electron chi connectivity index (χ2n) is 3.71. The normalized spacial score (nSPS) is 13.3. The molecule has 0 radical (unpaired) electrons. The number of fused-ring (bicyclic) bond motifs is 1. The van der Waals surface area contributed by atoms with E-state index in [4.69, 9.17) is 15.2 Å². The Morgan fingerprint density at radius 2 is 1.89 bits per heavy atom. The van der Waals surface area contributed by atoms with Gasteiger partial charge in [-0.3, -0.25) is 0 Å². The van der Waals surface area contributed by atoms with Crippen molar-refractivity contribution in [3.8, 4) is 22.8 Å². The van der Waals surface area contributed by atoms with Crippen LogP contribution in [0.3, 0.4) is 0 Å².